The Hall–Kier alpha value is -3.26. The summed E-state index contributed by atoms with van der Waals surface area (Å²) in [5.41, 5.74) is 9.70. The highest BCUT2D eigenvalue weighted by Gasteiger charge is 2.24. The lowest BCUT2D eigenvalue weighted by Gasteiger charge is -2.24. The Balaban J connectivity index is 1.56. The van der Waals surface area contributed by atoms with E-state index in [0.29, 0.717) is 17.9 Å². The molecule has 4 rings (SSSR count). The zero-order valence-corrected chi connectivity index (χ0v) is 14.2. The molecule has 0 aromatic heterocycles. The minimum absolute atomic E-state index is 0.226. The molecule has 0 bridgehead atoms. The highest BCUT2D eigenvalue weighted by atomic mass is 16.2. The van der Waals surface area contributed by atoms with Crippen LogP contribution in [0.4, 0.5) is 10.5 Å². The zero-order valence-electron chi connectivity index (χ0n) is 14.2. The predicted molar refractivity (Wildman–Crippen MR) is 99.6 cm³/mol. The van der Waals surface area contributed by atoms with Crippen molar-refractivity contribution in [1.82, 2.24) is 5.32 Å². The number of urea groups is 1. The van der Waals surface area contributed by atoms with Gasteiger partial charge in [0.1, 0.15) is 6.04 Å². The number of hydrogen-bond donors (Lipinski definition) is 3. The van der Waals surface area contributed by atoms with Gasteiger partial charge >= 0.3 is 6.03 Å². The van der Waals surface area contributed by atoms with Crippen LogP contribution in [0.15, 0.2) is 42.5 Å². The van der Waals surface area contributed by atoms with Crippen molar-refractivity contribution in [2.24, 2.45) is 11.7 Å². The molecule has 1 aliphatic carbocycles. The molecule has 1 atom stereocenters. The number of benzene rings is 2. The van der Waals surface area contributed by atoms with E-state index < -0.39 is 5.91 Å². The van der Waals surface area contributed by atoms with E-state index in [2.05, 4.69) is 22.5 Å². The molecule has 1 fully saturated rings. The molecule has 2 aromatic rings. The van der Waals surface area contributed by atoms with Gasteiger partial charge in [0.15, 0.2) is 0 Å². The Morgan fingerprint density at radius 1 is 1.08 bits per heavy atom. The van der Waals surface area contributed by atoms with Crippen LogP contribution in [0.25, 0.3) is 0 Å². The third-order valence-electron chi connectivity index (χ3n) is 4.61. The molecule has 26 heavy (non-hydrogen) atoms. The van der Waals surface area contributed by atoms with Crippen LogP contribution >= 0.6 is 0 Å². The number of carbonyl (C=O) groups excluding carboxylic acids is 2. The van der Waals surface area contributed by atoms with Crippen LogP contribution in [0.5, 0.6) is 0 Å². The quantitative estimate of drug-likeness (QED) is 0.747. The van der Waals surface area contributed by atoms with Crippen molar-refractivity contribution < 1.29 is 9.59 Å². The Kier molecular flexibility index (Phi) is 4.10. The van der Waals surface area contributed by atoms with E-state index in [9.17, 15) is 9.59 Å². The minimum atomic E-state index is -0.432. The predicted octanol–water partition coefficient (Wildman–Crippen LogP) is 2.97. The van der Waals surface area contributed by atoms with Crippen molar-refractivity contribution in [2.75, 3.05) is 5.32 Å². The van der Waals surface area contributed by atoms with Gasteiger partial charge in [0.25, 0.3) is 0 Å². The van der Waals surface area contributed by atoms with Crippen molar-refractivity contribution in [1.29, 1.82) is 0 Å². The summed E-state index contributed by atoms with van der Waals surface area (Å²) in [7, 11) is 0. The Bertz CT molecular complexity index is 934. The number of rotatable bonds is 3. The molecule has 5 heteroatoms. The van der Waals surface area contributed by atoms with E-state index >= 15 is 0 Å². The summed E-state index contributed by atoms with van der Waals surface area (Å²) in [4.78, 5) is 23.1. The second kappa shape index (κ2) is 6.57. The van der Waals surface area contributed by atoms with Crippen LogP contribution in [-0.2, 0) is 6.42 Å². The zero-order chi connectivity index (χ0) is 18.1. The summed E-state index contributed by atoms with van der Waals surface area (Å²) in [6, 6.07) is 12.8. The van der Waals surface area contributed by atoms with Gasteiger partial charge in [-0.3, -0.25) is 4.79 Å². The molecule has 1 aliphatic heterocycles. The minimum Gasteiger partial charge on any atom is -0.366 e. The van der Waals surface area contributed by atoms with Crippen molar-refractivity contribution in [3.63, 3.8) is 0 Å². The first kappa shape index (κ1) is 16.2. The van der Waals surface area contributed by atoms with Gasteiger partial charge in [0.2, 0.25) is 5.91 Å². The second-order valence-corrected chi connectivity index (χ2v) is 6.75. The average molecular weight is 345 g/mol. The van der Waals surface area contributed by atoms with Crippen LogP contribution in [-0.4, -0.2) is 11.9 Å². The van der Waals surface area contributed by atoms with Gasteiger partial charge in [-0.1, -0.05) is 36.1 Å². The molecule has 3 amide bonds. The number of nitrogens with one attached hydrogen (secondary N) is 2. The molecule has 0 unspecified atom stereocenters. The summed E-state index contributed by atoms with van der Waals surface area (Å²) in [6.07, 6.45) is 3.02. The summed E-state index contributed by atoms with van der Waals surface area (Å²) < 4.78 is 0. The third kappa shape index (κ3) is 3.55. The Morgan fingerprint density at radius 2 is 1.81 bits per heavy atom. The lowest BCUT2D eigenvalue weighted by atomic mass is 9.97. The maximum absolute atomic E-state index is 11.9. The molecular weight excluding hydrogens is 326 g/mol. The van der Waals surface area contributed by atoms with Crippen LogP contribution in [0.1, 0.15) is 45.9 Å². The van der Waals surface area contributed by atoms with Gasteiger partial charge < -0.3 is 16.4 Å². The lowest BCUT2D eigenvalue weighted by Crippen LogP contribution is -2.37. The first-order valence-corrected chi connectivity index (χ1v) is 8.68. The average Bonchev–Trinajstić information content (AvgIpc) is 3.44. The molecule has 1 saturated carbocycles. The molecule has 2 aliphatic rings. The molecule has 2 aromatic carbocycles. The van der Waals surface area contributed by atoms with E-state index in [4.69, 9.17) is 5.73 Å². The van der Waals surface area contributed by atoms with Gasteiger partial charge in [-0.05, 0) is 48.6 Å². The molecule has 0 radical (unpaired) electrons. The fourth-order valence-electron chi connectivity index (χ4n) is 3.01. The largest absolute Gasteiger partial charge is 0.366 e. The number of carbonyl (C=O) groups is 2. The summed E-state index contributed by atoms with van der Waals surface area (Å²) >= 11 is 0. The molecule has 130 valence electrons. The maximum atomic E-state index is 11.9. The Morgan fingerprint density at radius 3 is 2.50 bits per heavy atom. The standard InChI is InChI=1S/C21H19N3O2/c22-20(25)16-7-3-14(4-8-16)11-15-5-9-17-18(10-6-13-1-2-13)23-21(26)24-19(17)12-15/h3-5,7-9,12-13,18H,1-2,11H2,(H2,22,25)(H2,23,24,26)/t18-/m0/s1. The van der Waals surface area contributed by atoms with Gasteiger partial charge in [0, 0.05) is 22.7 Å². The van der Waals surface area contributed by atoms with Crippen LogP contribution < -0.4 is 16.4 Å². The highest BCUT2D eigenvalue weighted by molar-refractivity contribution is 5.94. The van der Waals surface area contributed by atoms with Gasteiger partial charge in [-0.15, -0.1) is 0 Å². The number of hydrogen-bond acceptors (Lipinski definition) is 2. The summed E-state index contributed by atoms with van der Waals surface area (Å²) in [6.45, 7) is 0. The summed E-state index contributed by atoms with van der Waals surface area (Å²) in [5.74, 6) is 6.48. The van der Waals surface area contributed by atoms with Crippen LogP contribution in [0.3, 0.4) is 0 Å². The molecule has 5 nitrogen and oxygen atoms in total. The van der Waals surface area contributed by atoms with Crippen molar-refractivity contribution in [3.05, 3.63) is 64.7 Å². The number of nitrogens with two attached hydrogens (primary N) is 1. The smallest absolute Gasteiger partial charge is 0.320 e. The molecular formula is C21H19N3O2. The van der Waals surface area contributed by atoms with E-state index in [-0.39, 0.29) is 12.1 Å². The molecule has 0 saturated heterocycles. The highest BCUT2D eigenvalue weighted by Crippen LogP contribution is 2.31. The number of primary amides is 1. The lowest BCUT2D eigenvalue weighted by molar-refractivity contribution is 0.1000. The first-order valence-electron chi connectivity index (χ1n) is 8.68. The Labute approximate surface area is 152 Å². The van der Waals surface area contributed by atoms with E-state index in [1.807, 2.05) is 30.3 Å². The van der Waals surface area contributed by atoms with Crippen LogP contribution in [0, 0.1) is 17.8 Å². The van der Waals surface area contributed by atoms with Crippen molar-refractivity contribution in [3.8, 4) is 11.8 Å². The first-order chi connectivity index (χ1) is 12.6. The molecule has 4 N–H and O–H groups in total. The van der Waals surface area contributed by atoms with Crippen molar-refractivity contribution in [2.45, 2.75) is 25.3 Å². The second-order valence-electron chi connectivity index (χ2n) is 6.75. The monoisotopic (exact) mass is 345 g/mol. The van der Waals surface area contributed by atoms with Gasteiger partial charge in [-0.2, -0.15) is 0 Å². The van der Waals surface area contributed by atoms with Gasteiger partial charge in [-0.25, -0.2) is 4.79 Å². The molecule has 0 spiro atoms. The fraction of sp³-hybridized carbons (Fsp3) is 0.238. The fourth-order valence-corrected chi connectivity index (χ4v) is 3.01. The number of fused-ring (bicyclic) bond motifs is 1. The van der Waals surface area contributed by atoms with E-state index in [0.717, 1.165) is 35.2 Å². The van der Waals surface area contributed by atoms with E-state index in [1.165, 1.54) is 0 Å². The maximum Gasteiger partial charge on any atom is 0.320 e. The summed E-state index contributed by atoms with van der Waals surface area (Å²) in [5, 5.41) is 5.74. The third-order valence-corrected chi connectivity index (χ3v) is 4.61. The van der Waals surface area contributed by atoms with Crippen molar-refractivity contribution >= 4 is 17.6 Å². The van der Waals surface area contributed by atoms with E-state index in [1.54, 1.807) is 12.1 Å². The number of anilines is 1. The topological polar surface area (TPSA) is 84.2 Å². The van der Waals surface area contributed by atoms with Gasteiger partial charge in [0.05, 0.1) is 0 Å². The normalized spacial score (nSPS) is 18.0. The molecule has 1 heterocycles. The SMILES string of the molecule is NC(=O)c1ccc(Cc2ccc3c(c2)NC(=O)N[C@H]3C#CC2CC2)cc1. The number of amides is 3. The van der Waals surface area contributed by atoms with Crippen LogP contribution in [0.2, 0.25) is 0 Å².